The van der Waals surface area contributed by atoms with Crippen LogP contribution in [0.2, 0.25) is 0 Å². The molecule has 0 atom stereocenters. The minimum Gasteiger partial charge on any atom is -0.476 e. The summed E-state index contributed by atoms with van der Waals surface area (Å²) in [6, 6.07) is 17.6. The first-order valence-corrected chi connectivity index (χ1v) is 13.9. The minimum atomic E-state index is -1.13. The summed E-state index contributed by atoms with van der Waals surface area (Å²) in [6.07, 6.45) is 0.210. The van der Waals surface area contributed by atoms with E-state index in [1.165, 1.54) is 10.7 Å². The van der Waals surface area contributed by atoms with Gasteiger partial charge in [0, 0.05) is 32.1 Å². The molecule has 1 saturated heterocycles. The van der Waals surface area contributed by atoms with E-state index in [2.05, 4.69) is 29.4 Å². The van der Waals surface area contributed by atoms with E-state index in [0.717, 1.165) is 22.3 Å². The predicted molar refractivity (Wildman–Crippen MR) is 152 cm³/mol. The standard InChI is InChI=1S/C31H36N4O6/c1-31(2,3)41-29(38)34-15-13-20(14-16-34)35(18-21-17-27(28(36)37)32-33(21)4)30(39)40-19-26-24-11-7-5-9-22(24)23-10-6-8-12-25(23)26/h5-12,17,20,26H,13-16,18-19H2,1-4H3,(H,36,37). The summed E-state index contributed by atoms with van der Waals surface area (Å²) >= 11 is 0. The van der Waals surface area contributed by atoms with Crippen molar-refractivity contribution in [3.63, 3.8) is 0 Å². The van der Waals surface area contributed by atoms with E-state index in [9.17, 15) is 19.5 Å². The van der Waals surface area contributed by atoms with Gasteiger partial charge in [-0.2, -0.15) is 5.10 Å². The molecule has 1 aliphatic heterocycles. The largest absolute Gasteiger partial charge is 0.476 e. The Morgan fingerprint density at radius 3 is 2.12 bits per heavy atom. The van der Waals surface area contributed by atoms with Crippen molar-refractivity contribution in [3.8, 4) is 11.1 Å². The lowest BCUT2D eigenvalue weighted by molar-refractivity contribution is 0.0128. The molecule has 2 aliphatic rings. The molecule has 3 aromatic rings. The van der Waals surface area contributed by atoms with E-state index in [-0.39, 0.29) is 36.9 Å². The third kappa shape index (κ3) is 6.06. The number of amides is 2. The number of carboxylic acid groups (broad SMARTS) is 1. The van der Waals surface area contributed by atoms with Crippen LogP contribution in [0.4, 0.5) is 9.59 Å². The smallest absolute Gasteiger partial charge is 0.410 e. The second-order valence-electron chi connectivity index (χ2n) is 11.6. The van der Waals surface area contributed by atoms with Gasteiger partial charge in [-0.05, 0) is 61.9 Å². The van der Waals surface area contributed by atoms with Crippen LogP contribution >= 0.6 is 0 Å². The number of aromatic carboxylic acids is 1. The molecule has 2 heterocycles. The Balaban J connectivity index is 1.33. The van der Waals surface area contributed by atoms with Crippen LogP contribution in [-0.2, 0) is 23.1 Å². The summed E-state index contributed by atoms with van der Waals surface area (Å²) < 4.78 is 13.0. The first kappa shape index (κ1) is 28.2. The highest BCUT2D eigenvalue weighted by Crippen LogP contribution is 2.44. The van der Waals surface area contributed by atoms with Crippen LogP contribution in [0.25, 0.3) is 11.1 Å². The number of carbonyl (C=O) groups is 3. The second-order valence-corrected chi connectivity index (χ2v) is 11.6. The molecule has 1 aromatic heterocycles. The van der Waals surface area contributed by atoms with Crippen molar-refractivity contribution in [2.45, 2.75) is 57.7 Å². The number of nitrogens with zero attached hydrogens (tertiary/aromatic N) is 4. The van der Waals surface area contributed by atoms with Gasteiger partial charge in [-0.1, -0.05) is 48.5 Å². The summed E-state index contributed by atoms with van der Waals surface area (Å²) in [7, 11) is 1.66. The average Bonchev–Trinajstić information content (AvgIpc) is 3.47. The molecule has 1 aliphatic carbocycles. The summed E-state index contributed by atoms with van der Waals surface area (Å²) in [5, 5.41) is 13.5. The van der Waals surface area contributed by atoms with Crippen LogP contribution in [0.3, 0.4) is 0 Å². The van der Waals surface area contributed by atoms with Crippen LogP contribution in [0.1, 0.15) is 66.8 Å². The highest BCUT2D eigenvalue weighted by Gasteiger charge is 2.35. The van der Waals surface area contributed by atoms with Crippen molar-refractivity contribution in [2.24, 2.45) is 7.05 Å². The fourth-order valence-corrected chi connectivity index (χ4v) is 5.64. The van der Waals surface area contributed by atoms with Gasteiger partial charge < -0.3 is 19.5 Å². The molecule has 0 spiro atoms. The maximum Gasteiger partial charge on any atom is 0.410 e. The normalized spacial score (nSPS) is 15.3. The van der Waals surface area contributed by atoms with E-state index in [0.29, 0.717) is 31.6 Å². The number of aromatic nitrogens is 2. The Morgan fingerprint density at radius 2 is 1.59 bits per heavy atom. The quantitative estimate of drug-likeness (QED) is 0.437. The third-order valence-electron chi connectivity index (χ3n) is 7.66. The SMILES string of the molecule is Cn1nc(C(=O)O)cc1CN(C(=O)OCC1c2ccccc2-c2ccccc21)C1CCN(C(=O)OC(C)(C)C)CC1. The van der Waals surface area contributed by atoms with Crippen LogP contribution in [0.5, 0.6) is 0 Å². The Bertz CT molecular complexity index is 1410. The Labute approximate surface area is 239 Å². The summed E-state index contributed by atoms with van der Waals surface area (Å²) in [6.45, 7) is 6.65. The van der Waals surface area contributed by atoms with Crippen LogP contribution in [0, 0.1) is 0 Å². The predicted octanol–water partition coefficient (Wildman–Crippen LogP) is 5.27. The number of ether oxygens (including phenoxy) is 2. The van der Waals surface area contributed by atoms with Crippen molar-refractivity contribution < 1.29 is 29.0 Å². The number of fused-ring (bicyclic) bond motifs is 3. The number of piperidine rings is 1. The molecule has 2 aromatic carbocycles. The zero-order valence-electron chi connectivity index (χ0n) is 23.9. The number of carboxylic acids is 1. The molecular weight excluding hydrogens is 524 g/mol. The molecule has 1 fully saturated rings. The molecule has 10 nitrogen and oxygen atoms in total. The van der Waals surface area contributed by atoms with Crippen LogP contribution in [-0.4, -0.2) is 74.2 Å². The van der Waals surface area contributed by atoms with Crippen molar-refractivity contribution in [2.75, 3.05) is 19.7 Å². The van der Waals surface area contributed by atoms with E-state index < -0.39 is 17.7 Å². The molecule has 0 unspecified atom stereocenters. The number of aryl methyl sites for hydroxylation is 1. The third-order valence-corrected chi connectivity index (χ3v) is 7.66. The van der Waals surface area contributed by atoms with Gasteiger partial charge in [-0.15, -0.1) is 0 Å². The Hall–Kier alpha value is -4.34. The Kier molecular flexibility index (Phi) is 7.75. The number of hydrogen-bond donors (Lipinski definition) is 1. The van der Waals surface area contributed by atoms with Gasteiger partial charge in [-0.3, -0.25) is 9.58 Å². The average molecular weight is 561 g/mol. The minimum absolute atomic E-state index is 0.0856. The van der Waals surface area contributed by atoms with Crippen molar-refractivity contribution >= 4 is 18.2 Å². The van der Waals surface area contributed by atoms with Gasteiger partial charge in [-0.25, -0.2) is 14.4 Å². The van der Waals surface area contributed by atoms with E-state index in [1.807, 2.05) is 45.0 Å². The molecule has 2 amide bonds. The molecule has 1 N–H and O–H groups in total. The molecule has 0 bridgehead atoms. The lowest BCUT2D eigenvalue weighted by atomic mass is 9.98. The summed E-state index contributed by atoms with van der Waals surface area (Å²) in [5.41, 5.74) is 4.43. The molecule has 41 heavy (non-hydrogen) atoms. The zero-order valence-corrected chi connectivity index (χ0v) is 23.9. The number of carbonyl (C=O) groups excluding carboxylic acids is 2. The first-order chi connectivity index (χ1) is 19.5. The van der Waals surface area contributed by atoms with Crippen molar-refractivity contribution in [3.05, 3.63) is 77.1 Å². The van der Waals surface area contributed by atoms with Gasteiger partial charge in [0.1, 0.15) is 12.2 Å². The fraction of sp³-hybridized carbons (Fsp3) is 0.419. The number of benzene rings is 2. The molecular formula is C31H36N4O6. The molecule has 5 rings (SSSR count). The van der Waals surface area contributed by atoms with Gasteiger partial charge >= 0.3 is 18.2 Å². The lowest BCUT2D eigenvalue weighted by Gasteiger charge is -2.38. The number of hydrogen-bond acceptors (Lipinski definition) is 6. The number of likely N-dealkylation sites (tertiary alicyclic amines) is 1. The summed E-state index contributed by atoms with van der Waals surface area (Å²) in [4.78, 5) is 41.1. The lowest BCUT2D eigenvalue weighted by Crippen LogP contribution is -2.49. The monoisotopic (exact) mass is 560 g/mol. The van der Waals surface area contributed by atoms with Gasteiger partial charge in [0.25, 0.3) is 0 Å². The first-order valence-electron chi connectivity index (χ1n) is 13.9. The van der Waals surface area contributed by atoms with Gasteiger partial charge in [0.15, 0.2) is 5.69 Å². The second kappa shape index (κ2) is 11.3. The molecule has 10 heteroatoms. The van der Waals surface area contributed by atoms with E-state index in [4.69, 9.17) is 9.47 Å². The molecule has 216 valence electrons. The zero-order chi connectivity index (χ0) is 29.3. The fourth-order valence-electron chi connectivity index (χ4n) is 5.64. The van der Waals surface area contributed by atoms with E-state index >= 15 is 0 Å². The molecule has 0 radical (unpaired) electrons. The Morgan fingerprint density at radius 1 is 1.00 bits per heavy atom. The highest BCUT2D eigenvalue weighted by atomic mass is 16.6. The maximum absolute atomic E-state index is 13.7. The van der Waals surface area contributed by atoms with Crippen LogP contribution < -0.4 is 0 Å². The van der Waals surface area contributed by atoms with E-state index in [1.54, 1.807) is 16.8 Å². The van der Waals surface area contributed by atoms with Gasteiger partial charge in [0.2, 0.25) is 0 Å². The van der Waals surface area contributed by atoms with Gasteiger partial charge in [0.05, 0.1) is 12.2 Å². The van der Waals surface area contributed by atoms with Crippen LogP contribution in [0.15, 0.2) is 54.6 Å². The molecule has 0 saturated carbocycles. The highest BCUT2D eigenvalue weighted by molar-refractivity contribution is 5.85. The number of rotatable bonds is 6. The topological polar surface area (TPSA) is 114 Å². The summed E-state index contributed by atoms with van der Waals surface area (Å²) in [5.74, 6) is -1.22. The van der Waals surface area contributed by atoms with Crippen molar-refractivity contribution in [1.82, 2.24) is 19.6 Å². The van der Waals surface area contributed by atoms with Crippen molar-refractivity contribution in [1.29, 1.82) is 0 Å². The maximum atomic E-state index is 13.7.